The fourth-order valence-corrected chi connectivity index (χ4v) is 6.60. The number of aromatic nitrogens is 4. The largest absolute Gasteiger partial charge is 0.497 e. The van der Waals surface area contributed by atoms with E-state index in [2.05, 4.69) is 41.8 Å². The fraction of sp³-hybridized carbons (Fsp3) is 0.122. The second-order valence-electron chi connectivity index (χ2n) is 12.0. The molecule has 3 aromatic carbocycles. The Bertz CT molecular complexity index is 2620. The molecular weight excluding hydrogens is 818 g/mol. The Morgan fingerprint density at radius 1 is 0.648 bits per heavy atom. The molecule has 4 heterocycles. The quantitative estimate of drug-likeness (QED) is 0.0843. The van der Waals surface area contributed by atoms with Crippen LogP contribution < -0.4 is 15.6 Å². The summed E-state index contributed by atoms with van der Waals surface area (Å²) in [5.74, 6) is -0.160. The van der Waals surface area contributed by atoms with Crippen LogP contribution in [0.25, 0.3) is 21.8 Å². The average molecular weight is 852 g/mol. The number of rotatable bonds is 9. The van der Waals surface area contributed by atoms with Crippen molar-refractivity contribution in [1.82, 2.24) is 24.2 Å². The molecule has 0 atom stereocenters. The number of ether oxygens (including phenoxy) is 1. The molecule has 0 aliphatic carbocycles. The molecule has 7 aromatic rings. The zero-order chi connectivity index (χ0) is 38.4. The number of pyridine rings is 4. The number of methoxy groups -OCH3 is 1. The Kier molecular flexibility index (Phi) is 11.9. The first-order chi connectivity index (χ1) is 26.1. The van der Waals surface area contributed by atoms with Gasteiger partial charge in [0.1, 0.15) is 20.5 Å². The van der Waals surface area contributed by atoms with E-state index in [1.807, 2.05) is 69.8 Å². The Hall–Kier alpha value is -5.76. The number of benzene rings is 3. The number of carbonyl (C=O) groups is 2. The van der Waals surface area contributed by atoms with Gasteiger partial charge in [-0.15, -0.1) is 0 Å². The van der Waals surface area contributed by atoms with Crippen molar-refractivity contribution in [2.75, 3.05) is 21.3 Å². The van der Waals surface area contributed by atoms with Crippen molar-refractivity contribution in [3.8, 4) is 5.75 Å². The van der Waals surface area contributed by atoms with Crippen molar-refractivity contribution in [3.05, 3.63) is 179 Å². The molecule has 0 aliphatic rings. The normalized spacial score (nSPS) is 10.8. The van der Waals surface area contributed by atoms with E-state index in [1.54, 1.807) is 68.0 Å². The number of nitrogens with zero attached hydrogens (tertiary/aromatic N) is 5. The third-order valence-electron chi connectivity index (χ3n) is 8.57. The van der Waals surface area contributed by atoms with Crippen LogP contribution in [0.5, 0.6) is 5.75 Å². The molecule has 0 bridgehead atoms. The number of amides is 1. The number of hydrogen-bond donors (Lipinski definition) is 0. The number of carbonyl (C=O) groups excluding carboxylic acids is 2. The molecule has 272 valence electrons. The molecule has 0 spiro atoms. The molecule has 0 aliphatic heterocycles. The number of ketones is 1. The minimum absolute atomic E-state index is 0.0537. The Morgan fingerprint density at radius 2 is 1.13 bits per heavy atom. The van der Waals surface area contributed by atoms with Gasteiger partial charge in [0.15, 0.2) is 5.78 Å². The number of hydroxylamine groups is 2. The summed E-state index contributed by atoms with van der Waals surface area (Å²) in [4.78, 5) is 65.1. The lowest BCUT2D eigenvalue weighted by Gasteiger charge is -2.16. The Labute approximate surface area is 326 Å². The third-order valence-corrected chi connectivity index (χ3v) is 9.46. The molecule has 13 heteroatoms. The van der Waals surface area contributed by atoms with E-state index in [9.17, 15) is 19.2 Å². The highest BCUT2D eigenvalue weighted by atomic mass is 79.9. The summed E-state index contributed by atoms with van der Waals surface area (Å²) in [7, 11) is 4.41. The molecule has 54 heavy (non-hydrogen) atoms. The zero-order valence-electron chi connectivity index (χ0n) is 29.4. The first-order valence-electron chi connectivity index (χ1n) is 16.6. The van der Waals surface area contributed by atoms with Crippen LogP contribution in [-0.4, -0.2) is 57.1 Å². The van der Waals surface area contributed by atoms with Gasteiger partial charge in [-0.1, -0.05) is 36.4 Å². The minimum atomic E-state index is -0.491. The summed E-state index contributed by atoms with van der Waals surface area (Å²) in [5.41, 5.74) is 3.14. The number of para-hydroxylation sites is 2. The van der Waals surface area contributed by atoms with Gasteiger partial charge in [0.05, 0.1) is 55.3 Å². The Morgan fingerprint density at radius 3 is 1.61 bits per heavy atom. The van der Waals surface area contributed by atoms with E-state index in [1.165, 1.54) is 14.2 Å². The van der Waals surface area contributed by atoms with E-state index in [0.29, 0.717) is 35.2 Å². The molecular formula is C41H33Br2N5O6. The number of fused-ring (bicyclic) bond motifs is 2. The predicted molar refractivity (Wildman–Crippen MR) is 214 cm³/mol. The minimum Gasteiger partial charge on any atom is -0.497 e. The highest BCUT2D eigenvalue weighted by Crippen LogP contribution is 2.19. The summed E-state index contributed by atoms with van der Waals surface area (Å²) in [6, 6.07) is 32.5. The standard InChI is InChI=1S/C23H17BrN2O3.C18H16BrN3O3/c1-29-17-11-9-15(10-12-17)22(27)19-14-26(13-16-5-4-8-21(24)25-16)20-7-3-2-6-18(20)23(19)28;1-21(25-2)18(24)14-11-22(10-12-6-5-9-16(19)20-12)15-8-4-3-7-13(15)17(14)23/h2-12,14H,13H2,1H3;3-9,11H,10H2,1-2H3. The van der Waals surface area contributed by atoms with Crippen molar-refractivity contribution in [1.29, 1.82) is 0 Å². The molecule has 0 N–H and O–H groups in total. The average Bonchev–Trinajstić information content (AvgIpc) is 3.19. The van der Waals surface area contributed by atoms with Gasteiger partial charge in [-0.3, -0.25) is 24.0 Å². The van der Waals surface area contributed by atoms with Crippen molar-refractivity contribution in [2.24, 2.45) is 0 Å². The lowest BCUT2D eigenvalue weighted by molar-refractivity contribution is -0.0758. The molecule has 7 rings (SSSR count). The third kappa shape index (κ3) is 8.38. The summed E-state index contributed by atoms with van der Waals surface area (Å²) in [6.45, 7) is 0.861. The van der Waals surface area contributed by atoms with E-state index >= 15 is 0 Å². The van der Waals surface area contributed by atoms with Crippen LogP contribution in [0.15, 0.2) is 140 Å². The van der Waals surface area contributed by atoms with Gasteiger partial charge in [0.25, 0.3) is 5.91 Å². The monoisotopic (exact) mass is 849 g/mol. The van der Waals surface area contributed by atoms with Gasteiger partial charge in [-0.25, -0.2) is 15.0 Å². The second-order valence-corrected chi connectivity index (χ2v) is 13.6. The van der Waals surface area contributed by atoms with Crippen molar-refractivity contribution >= 4 is 65.4 Å². The van der Waals surface area contributed by atoms with Gasteiger partial charge in [0.2, 0.25) is 10.9 Å². The molecule has 0 saturated heterocycles. The van der Waals surface area contributed by atoms with Crippen LogP contribution >= 0.6 is 31.9 Å². The second kappa shape index (κ2) is 16.9. The van der Waals surface area contributed by atoms with Crippen LogP contribution in [-0.2, 0) is 17.9 Å². The molecule has 0 radical (unpaired) electrons. The SMILES string of the molecule is CON(C)C(=O)c1cn(Cc2cccc(Br)n2)c2ccccc2c1=O.COc1ccc(C(=O)c2cn(Cc3cccc(Br)n3)c3ccccc3c2=O)cc1. The van der Waals surface area contributed by atoms with Crippen molar-refractivity contribution < 1.29 is 19.2 Å². The highest BCUT2D eigenvalue weighted by Gasteiger charge is 2.20. The van der Waals surface area contributed by atoms with Crippen LogP contribution in [0, 0.1) is 0 Å². The maximum atomic E-state index is 13.1. The summed E-state index contributed by atoms with van der Waals surface area (Å²) in [6.07, 6.45) is 3.19. The summed E-state index contributed by atoms with van der Waals surface area (Å²) >= 11 is 6.74. The topological polar surface area (TPSA) is 126 Å². The van der Waals surface area contributed by atoms with Crippen LogP contribution in [0.1, 0.15) is 37.7 Å². The zero-order valence-corrected chi connectivity index (χ0v) is 32.6. The molecule has 0 unspecified atom stereocenters. The fourth-order valence-electron chi connectivity index (χ4n) is 5.84. The smallest absolute Gasteiger partial charge is 0.282 e. The Balaban J connectivity index is 0.000000186. The van der Waals surface area contributed by atoms with E-state index < -0.39 is 5.91 Å². The van der Waals surface area contributed by atoms with Gasteiger partial charge in [-0.2, -0.15) is 0 Å². The summed E-state index contributed by atoms with van der Waals surface area (Å²) in [5, 5.41) is 2.02. The van der Waals surface area contributed by atoms with E-state index in [4.69, 9.17) is 9.57 Å². The van der Waals surface area contributed by atoms with Gasteiger partial charge in [-0.05, 0) is 105 Å². The first-order valence-corrected chi connectivity index (χ1v) is 18.1. The van der Waals surface area contributed by atoms with E-state index in [0.717, 1.165) is 36.7 Å². The van der Waals surface area contributed by atoms with Crippen LogP contribution in [0.4, 0.5) is 0 Å². The summed E-state index contributed by atoms with van der Waals surface area (Å²) < 4.78 is 10.3. The molecule has 11 nitrogen and oxygen atoms in total. The maximum absolute atomic E-state index is 13.1. The van der Waals surface area contributed by atoms with Crippen LogP contribution in [0.2, 0.25) is 0 Å². The first kappa shape index (κ1) is 38.0. The van der Waals surface area contributed by atoms with Crippen molar-refractivity contribution in [3.63, 3.8) is 0 Å². The number of hydrogen-bond acceptors (Lipinski definition) is 8. The molecule has 1 amide bonds. The lowest BCUT2D eigenvalue weighted by Crippen LogP contribution is -2.31. The highest BCUT2D eigenvalue weighted by molar-refractivity contribution is 9.10. The van der Waals surface area contributed by atoms with Gasteiger partial charge in [0, 0.05) is 35.8 Å². The van der Waals surface area contributed by atoms with E-state index in [-0.39, 0.29) is 27.8 Å². The van der Waals surface area contributed by atoms with Gasteiger partial charge >= 0.3 is 0 Å². The lowest BCUT2D eigenvalue weighted by atomic mass is 10.0. The van der Waals surface area contributed by atoms with Crippen LogP contribution in [0.3, 0.4) is 0 Å². The molecule has 0 saturated carbocycles. The number of halogens is 2. The molecule has 4 aromatic heterocycles. The predicted octanol–water partition coefficient (Wildman–Crippen LogP) is 7.29. The van der Waals surface area contributed by atoms with Crippen molar-refractivity contribution in [2.45, 2.75) is 13.1 Å². The van der Waals surface area contributed by atoms with Gasteiger partial charge < -0.3 is 13.9 Å². The maximum Gasteiger partial charge on any atom is 0.282 e. The molecule has 0 fully saturated rings.